The van der Waals surface area contributed by atoms with Crippen LogP contribution < -0.4 is 15.4 Å². The van der Waals surface area contributed by atoms with Gasteiger partial charge >= 0.3 is 24.6 Å². The van der Waals surface area contributed by atoms with Crippen molar-refractivity contribution in [2.45, 2.75) is 31.4 Å². The standard InChI is InChI=1S/C25H20ClF4N5O3/c1-15-34-35-23(37-15)32-22(36)33-24(13-16-6-3-2-4-7-16,20-11-10-18(26)14-31-20)17-8-5-9-19(12-17)38-25(29,30)21(27)28/h2-12,14,21H,13H2,1H3,(H2,32,33,35,36)/t24-/m0/s1. The lowest BCUT2D eigenvalue weighted by molar-refractivity contribution is -0.253. The summed E-state index contributed by atoms with van der Waals surface area (Å²) in [4.78, 5) is 17.6. The minimum absolute atomic E-state index is 0.0629. The summed E-state index contributed by atoms with van der Waals surface area (Å²) in [7, 11) is 0. The molecule has 0 bridgehead atoms. The first-order chi connectivity index (χ1) is 18.1. The maximum Gasteiger partial charge on any atom is 0.461 e. The monoisotopic (exact) mass is 549 g/mol. The van der Waals surface area contributed by atoms with E-state index >= 15 is 0 Å². The lowest BCUT2D eigenvalue weighted by atomic mass is 9.80. The van der Waals surface area contributed by atoms with Crippen molar-refractivity contribution < 1.29 is 31.5 Å². The Labute approximate surface area is 219 Å². The van der Waals surface area contributed by atoms with Crippen LogP contribution in [0.25, 0.3) is 0 Å². The van der Waals surface area contributed by atoms with E-state index < -0.39 is 29.9 Å². The summed E-state index contributed by atoms with van der Waals surface area (Å²) >= 11 is 6.05. The Balaban J connectivity index is 1.84. The molecule has 0 fully saturated rings. The van der Waals surface area contributed by atoms with Gasteiger partial charge in [0, 0.05) is 19.5 Å². The number of hydrogen-bond donors (Lipinski definition) is 2. The van der Waals surface area contributed by atoms with Gasteiger partial charge in [0.05, 0.1) is 10.7 Å². The van der Waals surface area contributed by atoms with Crippen LogP contribution >= 0.6 is 11.6 Å². The lowest BCUT2D eigenvalue weighted by Gasteiger charge is -2.35. The van der Waals surface area contributed by atoms with Gasteiger partial charge in [0.25, 0.3) is 0 Å². The summed E-state index contributed by atoms with van der Waals surface area (Å²) in [5.41, 5.74) is -0.344. The number of benzene rings is 2. The van der Waals surface area contributed by atoms with Crippen molar-refractivity contribution >= 4 is 23.6 Å². The highest BCUT2D eigenvalue weighted by molar-refractivity contribution is 6.30. The van der Waals surface area contributed by atoms with E-state index in [-0.39, 0.29) is 29.6 Å². The van der Waals surface area contributed by atoms with E-state index in [0.717, 1.165) is 17.7 Å². The molecule has 38 heavy (non-hydrogen) atoms. The van der Waals surface area contributed by atoms with E-state index in [1.54, 1.807) is 36.4 Å². The molecule has 0 saturated heterocycles. The maximum absolute atomic E-state index is 13.7. The van der Waals surface area contributed by atoms with Crippen molar-refractivity contribution in [3.8, 4) is 5.75 Å². The first kappa shape index (κ1) is 26.9. The third-order valence-corrected chi connectivity index (χ3v) is 5.61. The van der Waals surface area contributed by atoms with Crippen molar-refractivity contribution in [2.75, 3.05) is 5.32 Å². The van der Waals surface area contributed by atoms with Crippen molar-refractivity contribution in [3.05, 3.63) is 101 Å². The molecule has 0 aliphatic carbocycles. The van der Waals surface area contributed by atoms with Gasteiger partial charge in [-0.25, -0.2) is 4.79 Å². The zero-order chi connectivity index (χ0) is 27.3. The van der Waals surface area contributed by atoms with Crippen LogP contribution in [0.5, 0.6) is 5.75 Å². The smallest absolute Gasteiger partial charge is 0.428 e. The van der Waals surface area contributed by atoms with Gasteiger partial charge in [-0.3, -0.25) is 10.3 Å². The van der Waals surface area contributed by atoms with Crippen LogP contribution in [0.1, 0.15) is 22.7 Å². The van der Waals surface area contributed by atoms with E-state index in [1.807, 2.05) is 0 Å². The number of carbonyl (C=O) groups excluding carboxylic acids is 1. The second-order valence-electron chi connectivity index (χ2n) is 8.13. The van der Waals surface area contributed by atoms with Crippen molar-refractivity contribution in [3.63, 3.8) is 0 Å². The van der Waals surface area contributed by atoms with Gasteiger partial charge in [-0.2, -0.15) is 17.6 Å². The molecule has 0 aliphatic rings. The van der Waals surface area contributed by atoms with Crippen molar-refractivity contribution in [2.24, 2.45) is 0 Å². The summed E-state index contributed by atoms with van der Waals surface area (Å²) in [5.74, 6) is -0.339. The van der Waals surface area contributed by atoms with Crippen molar-refractivity contribution in [1.29, 1.82) is 0 Å². The topological polar surface area (TPSA) is 102 Å². The largest absolute Gasteiger partial charge is 0.461 e. The molecule has 13 heteroatoms. The number of urea groups is 1. The average molecular weight is 550 g/mol. The van der Waals surface area contributed by atoms with Crippen LogP contribution in [0, 0.1) is 6.92 Å². The summed E-state index contributed by atoms with van der Waals surface area (Å²) in [6, 6.07) is 16.1. The summed E-state index contributed by atoms with van der Waals surface area (Å²) in [6.45, 7) is 1.54. The fourth-order valence-corrected chi connectivity index (χ4v) is 3.86. The predicted octanol–water partition coefficient (Wildman–Crippen LogP) is 5.97. The average Bonchev–Trinajstić information content (AvgIpc) is 3.28. The lowest BCUT2D eigenvalue weighted by Crippen LogP contribution is -2.50. The third-order valence-electron chi connectivity index (χ3n) is 5.38. The van der Waals surface area contributed by atoms with Crippen LogP contribution in [0.4, 0.5) is 28.4 Å². The Morgan fingerprint density at radius 1 is 1.08 bits per heavy atom. The number of rotatable bonds is 9. The number of pyridine rings is 1. The zero-order valence-electron chi connectivity index (χ0n) is 19.7. The van der Waals surface area contributed by atoms with Gasteiger partial charge in [-0.1, -0.05) is 59.2 Å². The minimum atomic E-state index is -4.74. The molecule has 0 radical (unpaired) electrons. The highest BCUT2D eigenvalue weighted by Gasteiger charge is 2.44. The Morgan fingerprint density at radius 2 is 1.84 bits per heavy atom. The molecule has 2 amide bonds. The van der Waals surface area contributed by atoms with E-state index in [2.05, 4.69) is 30.6 Å². The predicted molar refractivity (Wildman–Crippen MR) is 129 cm³/mol. The van der Waals surface area contributed by atoms with Crippen LogP contribution in [0.3, 0.4) is 0 Å². The van der Waals surface area contributed by atoms with Crippen LogP contribution in [0.15, 0.2) is 77.3 Å². The Morgan fingerprint density at radius 3 is 2.47 bits per heavy atom. The molecule has 1 atom stereocenters. The fourth-order valence-electron chi connectivity index (χ4n) is 3.75. The molecular weight excluding hydrogens is 530 g/mol. The SMILES string of the molecule is Cc1nnc(NC(=O)N[C@@](Cc2ccccc2)(c2cccc(OC(F)(F)C(F)F)c2)c2ccc(Cl)cn2)o1. The van der Waals surface area contributed by atoms with Crippen LogP contribution in [-0.2, 0) is 12.0 Å². The highest BCUT2D eigenvalue weighted by Crippen LogP contribution is 2.36. The summed E-state index contributed by atoms with van der Waals surface area (Å²) in [5, 5.41) is 12.9. The first-order valence-electron chi connectivity index (χ1n) is 11.1. The van der Waals surface area contributed by atoms with E-state index in [9.17, 15) is 22.4 Å². The molecule has 198 valence electrons. The molecular formula is C25H20ClF4N5O3. The fraction of sp³-hybridized carbons (Fsp3) is 0.200. The molecule has 4 aromatic rings. The highest BCUT2D eigenvalue weighted by atomic mass is 35.5. The maximum atomic E-state index is 13.7. The number of alkyl halides is 4. The molecule has 0 unspecified atom stereocenters. The molecule has 0 aliphatic heterocycles. The molecule has 2 heterocycles. The zero-order valence-corrected chi connectivity index (χ0v) is 20.4. The van der Waals surface area contributed by atoms with Crippen LogP contribution in [-0.4, -0.2) is 33.7 Å². The van der Waals surface area contributed by atoms with Gasteiger partial charge < -0.3 is 14.5 Å². The first-order valence-corrected chi connectivity index (χ1v) is 11.5. The van der Waals surface area contributed by atoms with Gasteiger partial charge in [-0.15, -0.1) is 5.10 Å². The van der Waals surface area contributed by atoms with E-state index in [0.29, 0.717) is 5.02 Å². The Kier molecular flexibility index (Phi) is 7.81. The van der Waals surface area contributed by atoms with Crippen LogP contribution in [0.2, 0.25) is 5.02 Å². The van der Waals surface area contributed by atoms with Gasteiger partial charge in [0.15, 0.2) is 0 Å². The number of nitrogens with one attached hydrogen (secondary N) is 2. The molecule has 2 aromatic carbocycles. The van der Waals surface area contributed by atoms with E-state index in [1.165, 1.54) is 31.3 Å². The summed E-state index contributed by atoms with van der Waals surface area (Å²) < 4.78 is 62.6. The summed E-state index contributed by atoms with van der Waals surface area (Å²) in [6.07, 6.45) is -7.38. The number of amides is 2. The Bertz CT molecular complexity index is 1390. The number of anilines is 1. The van der Waals surface area contributed by atoms with Crippen molar-refractivity contribution in [1.82, 2.24) is 20.5 Å². The molecule has 2 aromatic heterocycles. The third kappa shape index (κ3) is 6.20. The minimum Gasteiger partial charge on any atom is -0.428 e. The number of nitrogens with zero attached hydrogens (tertiary/aromatic N) is 3. The number of aryl methyl sites for hydroxylation is 1. The van der Waals surface area contributed by atoms with Gasteiger partial charge in [0.1, 0.15) is 11.3 Å². The molecule has 8 nitrogen and oxygen atoms in total. The van der Waals surface area contributed by atoms with Gasteiger partial charge in [-0.05, 0) is 35.4 Å². The van der Waals surface area contributed by atoms with Gasteiger partial charge in [0.2, 0.25) is 5.89 Å². The number of halogens is 5. The quantitative estimate of drug-likeness (QED) is 0.249. The molecule has 0 spiro atoms. The number of aromatic nitrogens is 3. The molecule has 0 saturated carbocycles. The second kappa shape index (κ2) is 11.1. The number of ether oxygens (including phenoxy) is 1. The number of hydrogen-bond acceptors (Lipinski definition) is 6. The van der Waals surface area contributed by atoms with E-state index in [4.69, 9.17) is 16.0 Å². The second-order valence-corrected chi connectivity index (χ2v) is 8.56. The Hall–Kier alpha value is -4.19. The molecule has 2 N–H and O–H groups in total. The number of carbonyl (C=O) groups is 1. The normalized spacial score (nSPS) is 13.1. The molecule has 4 rings (SSSR count).